The summed E-state index contributed by atoms with van der Waals surface area (Å²) in [5.74, 6) is 0.0889. The fraction of sp³-hybridized carbons (Fsp3) is 0.615. The van der Waals surface area contributed by atoms with Gasteiger partial charge in [0.05, 0.1) is 12.2 Å². The minimum absolute atomic E-state index is 0.0889. The minimum atomic E-state index is 0.0889. The van der Waals surface area contributed by atoms with Gasteiger partial charge in [0.15, 0.2) is 0 Å². The molecule has 1 fully saturated rings. The zero-order chi connectivity index (χ0) is 13.5. The monoisotopic (exact) mass is 263 g/mol. The Hall–Kier alpha value is -1.53. The van der Waals surface area contributed by atoms with Crippen LogP contribution in [-0.2, 0) is 11.3 Å². The third kappa shape index (κ3) is 4.57. The number of hydrogen-bond donors (Lipinski definition) is 2. The van der Waals surface area contributed by atoms with Crippen LogP contribution in [-0.4, -0.2) is 53.5 Å². The summed E-state index contributed by atoms with van der Waals surface area (Å²) in [6.45, 7) is 3.19. The number of carbonyl (C=O) groups excluding carboxylic acids is 1. The van der Waals surface area contributed by atoms with Crippen LogP contribution in [0.4, 0.5) is 0 Å². The van der Waals surface area contributed by atoms with Gasteiger partial charge in [0.2, 0.25) is 5.91 Å². The highest BCUT2D eigenvalue weighted by molar-refractivity contribution is 5.77. The quantitative estimate of drug-likeness (QED) is 0.768. The van der Waals surface area contributed by atoms with Crippen LogP contribution in [0.1, 0.15) is 18.5 Å². The van der Waals surface area contributed by atoms with Crippen molar-refractivity contribution in [3.63, 3.8) is 0 Å². The summed E-state index contributed by atoms with van der Waals surface area (Å²) in [7, 11) is 1.68. The van der Waals surface area contributed by atoms with E-state index in [0.717, 1.165) is 38.2 Å². The summed E-state index contributed by atoms with van der Waals surface area (Å²) in [4.78, 5) is 21.8. The summed E-state index contributed by atoms with van der Waals surface area (Å²) in [6, 6.07) is 0.503. The van der Waals surface area contributed by atoms with Gasteiger partial charge >= 0.3 is 0 Å². The van der Waals surface area contributed by atoms with Crippen molar-refractivity contribution in [2.45, 2.75) is 25.4 Å². The molecule has 2 rings (SSSR count). The van der Waals surface area contributed by atoms with Crippen molar-refractivity contribution in [2.75, 3.05) is 26.7 Å². The van der Waals surface area contributed by atoms with Crippen molar-refractivity contribution in [1.29, 1.82) is 0 Å². The van der Waals surface area contributed by atoms with Crippen LogP contribution in [0.2, 0.25) is 0 Å². The van der Waals surface area contributed by atoms with Gasteiger partial charge in [0.1, 0.15) is 0 Å². The van der Waals surface area contributed by atoms with E-state index in [4.69, 9.17) is 0 Å². The number of nitrogens with one attached hydrogen (secondary N) is 2. The maximum absolute atomic E-state index is 11.3. The lowest BCUT2D eigenvalue weighted by Crippen LogP contribution is -2.45. The third-order valence-corrected chi connectivity index (χ3v) is 3.42. The van der Waals surface area contributed by atoms with Crippen molar-refractivity contribution in [1.82, 2.24) is 25.5 Å². The highest BCUT2D eigenvalue weighted by atomic mass is 16.1. The number of carbonyl (C=O) groups is 1. The molecule has 0 aromatic carbocycles. The summed E-state index contributed by atoms with van der Waals surface area (Å²) in [5, 5.41) is 6.15. The van der Waals surface area contributed by atoms with Crippen LogP contribution < -0.4 is 10.6 Å². The van der Waals surface area contributed by atoms with E-state index in [0.29, 0.717) is 12.6 Å². The molecule has 19 heavy (non-hydrogen) atoms. The first kappa shape index (κ1) is 13.9. The molecule has 1 aromatic rings. The van der Waals surface area contributed by atoms with Crippen molar-refractivity contribution < 1.29 is 4.79 Å². The molecule has 0 spiro atoms. The summed E-state index contributed by atoms with van der Waals surface area (Å²) < 4.78 is 0. The van der Waals surface area contributed by atoms with E-state index in [-0.39, 0.29) is 5.91 Å². The molecule has 1 amide bonds. The Morgan fingerprint density at radius 2 is 2.21 bits per heavy atom. The lowest BCUT2D eigenvalue weighted by Gasteiger charge is -2.31. The Morgan fingerprint density at radius 3 is 2.84 bits per heavy atom. The average molecular weight is 263 g/mol. The fourth-order valence-corrected chi connectivity index (χ4v) is 2.25. The topological polar surface area (TPSA) is 70.2 Å². The zero-order valence-corrected chi connectivity index (χ0v) is 11.3. The van der Waals surface area contributed by atoms with E-state index in [1.807, 2.05) is 0 Å². The number of aromatic nitrogens is 2. The number of piperidine rings is 1. The van der Waals surface area contributed by atoms with E-state index in [2.05, 4.69) is 25.5 Å². The molecule has 6 nitrogen and oxygen atoms in total. The highest BCUT2D eigenvalue weighted by Gasteiger charge is 2.20. The molecule has 0 atom stereocenters. The van der Waals surface area contributed by atoms with Crippen LogP contribution in [0.3, 0.4) is 0 Å². The largest absolute Gasteiger partial charge is 0.358 e. The Morgan fingerprint density at radius 1 is 1.42 bits per heavy atom. The molecule has 1 saturated heterocycles. The second-order valence-electron chi connectivity index (χ2n) is 4.80. The molecular weight excluding hydrogens is 242 g/mol. The molecule has 0 saturated carbocycles. The predicted octanol–water partition coefficient (Wildman–Crippen LogP) is -0.223. The Balaban J connectivity index is 1.67. The van der Waals surface area contributed by atoms with Gasteiger partial charge in [-0.25, -0.2) is 0 Å². The van der Waals surface area contributed by atoms with Crippen LogP contribution in [0.15, 0.2) is 18.6 Å². The van der Waals surface area contributed by atoms with Crippen LogP contribution in [0, 0.1) is 0 Å². The minimum Gasteiger partial charge on any atom is -0.358 e. The van der Waals surface area contributed by atoms with Crippen molar-refractivity contribution >= 4 is 5.91 Å². The lowest BCUT2D eigenvalue weighted by molar-refractivity contribution is -0.122. The SMILES string of the molecule is CNC(=O)CN1CCC(NCc2cnccn2)CC1. The zero-order valence-electron chi connectivity index (χ0n) is 11.3. The number of likely N-dealkylation sites (tertiary alicyclic amines) is 1. The van der Waals surface area contributed by atoms with E-state index < -0.39 is 0 Å². The summed E-state index contributed by atoms with van der Waals surface area (Å²) in [5.41, 5.74) is 0.968. The molecule has 1 aliphatic rings. The first-order chi connectivity index (χ1) is 9.28. The standard InChI is InChI=1S/C13H21N5O/c1-14-13(19)10-18-6-2-11(3-7-18)17-9-12-8-15-4-5-16-12/h4-5,8,11,17H,2-3,6-7,9-10H2,1H3,(H,14,19). The van der Waals surface area contributed by atoms with E-state index in [1.165, 1.54) is 0 Å². The molecule has 1 aliphatic heterocycles. The molecule has 2 N–H and O–H groups in total. The Bertz CT molecular complexity index is 389. The Kier molecular flexibility index (Phi) is 5.23. The van der Waals surface area contributed by atoms with Crippen LogP contribution in [0.5, 0.6) is 0 Å². The van der Waals surface area contributed by atoms with Crippen LogP contribution in [0.25, 0.3) is 0 Å². The summed E-state index contributed by atoms with van der Waals surface area (Å²) in [6.07, 6.45) is 7.31. The van der Waals surface area contributed by atoms with Gasteiger partial charge in [-0.2, -0.15) is 0 Å². The third-order valence-electron chi connectivity index (χ3n) is 3.42. The van der Waals surface area contributed by atoms with Crippen molar-refractivity contribution in [3.8, 4) is 0 Å². The molecule has 0 radical (unpaired) electrons. The van der Waals surface area contributed by atoms with E-state index >= 15 is 0 Å². The molecule has 1 aromatic heterocycles. The van der Waals surface area contributed by atoms with Gasteiger partial charge in [-0.15, -0.1) is 0 Å². The van der Waals surface area contributed by atoms with Crippen LogP contribution >= 0.6 is 0 Å². The number of nitrogens with zero attached hydrogens (tertiary/aromatic N) is 3. The molecule has 0 unspecified atom stereocenters. The second kappa shape index (κ2) is 7.16. The number of hydrogen-bond acceptors (Lipinski definition) is 5. The first-order valence-electron chi connectivity index (χ1n) is 6.69. The van der Waals surface area contributed by atoms with Gasteiger partial charge in [-0.05, 0) is 12.8 Å². The van der Waals surface area contributed by atoms with Gasteiger partial charge < -0.3 is 10.6 Å². The molecular formula is C13H21N5O. The lowest BCUT2D eigenvalue weighted by atomic mass is 10.0. The van der Waals surface area contributed by atoms with Crippen molar-refractivity contribution in [2.24, 2.45) is 0 Å². The maximum Gasteiger partial charge on any atom is 0.233 e. The van der Waals surface area contributed by atoms with Gasteiger partial charge in [-0.1, -0.05) is 0 Å². The smallest absolute Gasteiger partial charge is 0.233 e. The van der Waals surface area contributed by atoms with Gasteiger partial charge in [-0.3, -0.25) is 19.7 Å². The highest BCUT2D eigenvalue weighted by Crippen LogP contribution is 2.10. The second-order valence-corrected chi connectivity index (χ2v) is 4.80. The Labute approximate surface area is 113 Å². The molecule has 2 heterocycles. The first-order valence-corrected chi connectivity index (χ1v) is 6.69. The maximum atomic E-state index is 11.3. The molecule has 6 heteroatoms. The number of rotatable bonds is 5. The predicted molar refractivity (Wildman–Crippen MR) is 72.4 cm³/mol. The number of likely N-dealkylation sites (N-methyl/N-ethyl adjacent to an activating group) is 1. The van der Waals surface area contributed by atoms with Crippen molar-refractivity contribution in [3.05, 3.63) is 24.3 Å². The number of amides is 1. The van der Waals surface area contributed by atoms with Gasteiger partial charge in [0.25, 0.3) is 0 Å². The molecule has 104 valence electrons. The summed E-state index contributed by atoms with van der Waals surface area (Å²) >= 11 is 0. The van der Waals surface area contributed by atoms with Gasteiger partial charge in [0, 0.05) is 51.3 Å². The molecule has 0 aliphatic carbocycles. The normalized spacial score (nSPS) is 17.3. The van der Waals surface area contributed by atoms with E-state index in [1.54, 1.807) is 25.6 Å². The van der Waals surface area contributed by atoms with E-state index in [9.17, 15) is 4.79 Å². The molecule has 0 bridgehead atoms. The fourth-order valence-electron chi connectivity index (χ4n) is 2.25. The average Bonchev–Trinajstić information content (AvgIpc) is 2.47.